The van der Waals surface area contributed by atoms with Crippen molar-refractivity contribution in [1.82, 2.24) is 23.6 Å². The fourth-order valence-corrected chi connectivity index (χ4v) is 4.57. The van der Waals surface area contributed by atoms with Crippen LogP contribution >= 0.6 is 0 Å². The van der Waals surface area contributed by atoms with E-state index in [1.165, 1.54) is 11.6 Å². The summed E-state index contributed by atoms with van der Waals surface area (Å²) in [6.45, 7) is 7.15. The van der Waals surface area contributed by atoms with Gasteiger partial charge in [0.15, 0.2) is 11.2 Å². The Labute approximate surface area is 186 Å². The van der Waals surface area contributed by atoms with Crippen LogP contribution in [0.3, 0.4) is 0 Å². The topological polar surface area (TPSA) is 111 Å². The smallest absolute Gasteiger partial charge is 0.332 e. The first kappa shape index (κ1) is 22.3. The monoisotopic (exact) mass is 443 g/mol. The molecular formula is C22H33N7O3. The highest BCUT2D eigenvalue weighted by Crippen LogP contribution is 2.23. The van der Waals surface area contributed by atoms with Crippen LogP contribution in [0.25, 0.3) is 11.2 Å². The lowest BCUT2D eigenvalue weighted by molar-refractivity contribution is -0.130. The lowest BCUT2D eigenvalue weighted by atomic mass is 10.1. The van der Waals surface area contributed by atoms with Crippen LogP contribution in [0.5, 0.6) is 0 Å². The van der Waals surface area contributed by atoms with Crippen LogP contribution < -0.4 is 21.9 Å². The van der Waals surface area contributed by atoms with Crippen molar-refractivity contribution in [2.75, 3.05) is 31.1 Å². The number of fused-ring (bicyclic) bond motifs is 1. The third-order valence-electron chi connectivity index (χ3n) is 6.38. The van der Waals surface area contributed by atoms with Crippen LogP contribution in [0.1, 0.15) is 39.5 Å². The third kappa shape index (κ3) is 4.11. The van der Waals surface area contributed by atoms with Gasteiger partial charge in [-0.1, -0.05) is 11.6 Å². The average molecular weight is 444 g/mol. The first-order valence-corrected chi connectivity index (χ1v) is 11.4. The fraction of sp³-hybridized carbons (Fsp3) is 0.636. The standard InChI is InChI=1S/C22H33N7O3/c1-15(2)8-12-28-18-19(24-21(28)27-11-6-7-16(23)13-27)29(22(32)25(3)20(18)31)14-17(30)26-9-4-5-10-26/h8,16H,4-7,9-14,23H2,1-3H3. The van der Waals surface area contributed by atoms with Gasteiger partial charge in [-0.15, -0.1) is 0 Å². The van der Waals surface area contributed by atoms with Crippen LogP contribution in [0.2, 0.25) is 0 Å². The first-order chi connectivity index (χ1) is 15.3. The van der Waals surface area contributed by atoms with Crippen molar-refractivity contribution in [2.24, 2.45) is 12.8 Å². The molecule has 2 aromatic heterocycles. The lowest BCUT2D eigenvalue weighted by Crippen LogP contribution is -2.44. The quantitative estimate of drug-likeness (QED) is 0.670. The number of aromatic nitrogens is 4. The van der Waals surface area contributed by atoms with Gasteiger partial charge in [0.2, 0.25) is 11.9 Å². The molecule has 2 aliphatic heterocycles. The summed E-state index contributed by atoms with van der Waals surface area (Å²) in [5.74, 6) is 0.502. The molecule has 0 spiro atoms. The Morgan fingerprint density at radius 1 is 1.12 bits per heavy atom. The summed E-state index contributed by atoms with van der Waals surface area (Å²) in [7, 11) is 1.45. The van der Waals surface area contributed by atoms with Gasteiger partial charge in [-0.05, 0) is 39.5 Å². The molecule has 0 aromatic carbocycles. The van der Waals surface area contributed by atoms with Crippen molar-refractivity contribution < 1.29 is 4.79 Å². The van der Waals surface area contributed by atoms with Crippen LogP contribution in [0.4, 0.5) is 5.95 Å². The summed E-state index contributed by atoms with van der Waals surface area (Å²) in [6.07, 6.45) is 5.85. The molecule has 4 heterocycles. The Bertz CT molecular complexity index is 1160. The Kier molecular flexibility index (Phi) is 6.23. The molecule has 10 heteroatoms. The predicted octanol–water partition coefficient (Wildman–Crippen LogP) is 0.413. The van der Waals surface area contributed by atoms with E-state index in [2.05, 4.69) is 4.90 Å². The lowest BCUT2D eigenvalue weighted by Gasteiger charge is -2.31. The second-order valence-electron chi connectivity index (χ2n) is 9.15. The molecule has 0 bridgehead atoms. The number of anilines is 1. The second kappa shape index (κ2) is 8.93. The van der Waals surface area contributed by atoms with E-state index in [1.54, 1.807) is 4.90 Å². The Hall–Kier alpha value is -2.88. The highest BCUT2D eigenvalue weighted by Gasteiger charge is 2.27. The molecule has 32 heavy (non-hydrogen) atoms. The van der Waals surface area contributed by atoms with E-state index in [4.69, 9.17) is 10.7 Å². The van der Waals surface area contributed by atoms with E-state index in [9.17, 15) is 14.4 Å². The SMILES string of the molecule is CC(C)=CCn1c(N2CCCC(N)C2)nc2c1c(=O)n(C)c(=O)n2CC(=O)N1CCCC1. The number of carbonyl (C=O) groups excluding carboxylic acids is 1. The van der Waals surface area contributed by atoms with Crippen molar-refractivity contribution in [3.63, 3.8) is 0 Å². The number of hydrogen-bond donors (Lipinski definition) is 1. The molecule has 1 amide bonds. The number of allylic oxidation sites excluding steroid dienone is 2. The van der Waals surface area contributed by atoms with Crippen molar-refractivity contribution in [3.8, 4) is 0 Å². The number of nitrogens with two attached hydrogens (primary N) is 1. The zero-order chi connectivity index (χ0) is 23.0. The molecule has 2 N–H and O–H groups in total. The molecule has 0 radical (unpaired) electrons. The van der Waals surface area contributed by atoms with Crippen LogP contribution in [-0.4, -0.2) is 61.7 Å². The number of likely N-dealkylation sites (tertiary alicyclic amines) is 1. The van der Waals surface area contributed by atoms with Crippen molar-refractivity contribution in [3.05, 3.63) is 32.5 Å². The highest BCUT2D eigenvalue weighted by molar-refractivity contribution is 5.80. The zero-order valence-corrected chi connectivity index (χ0v) is 19.2. The first-order valence-electron chi connectivity index (χ1n) is 11.4. The van der Waals surface area contributed by atoms with Gasteiger partial charge in [0.25, 0.3) is 5.56 Å². The number of hydrogen-bond acceptors (Lipinski definition) is 6. The molecule has 174 valence electrons. The van der Waals surface area contributed by atoms with E-state index in [-0.39, 0.29) is 24.1 Å². The van der Waals surface area contributed by atoms with Gasteiger partial charge in [0.05, 0.1) is 0 Å². The molecule has 2 aliphatic rings. The minimum absolute atomic E-state index is 0.0298. The Morgan fingerprint density at radius 3 is 2.50 bits per heavy atom. The maximum atomic E-state index is 13.2. The van der Waals surface area contributed by atoms with Gasteiger partial charge in [0, 0.05) is 45.8 Å². The fourth-order valence-electron chi connectivity index (χ4n) is 4.57. The third-order valence-corrected chi connectivity index (χ3v) is 6.38. The summed E-state index contributed by atoms with van der Waals surface area (Å²) in [5.41, 5.74) is 7.00. The van der Waals surface area contributed by atoms with Gasteiger partial charge in [-0.3, -0.25) is 18.7 Å². The summed E-state index contributed by atoms with van der Waals surface area (Å²) in [5, 5.41) is 0. The van der Waals surface area contributed by atoms with E-state index in [1.807, 2.05) is 24.5 Å². The molecule has 1 unspecified atom stereocenters. The van der Waals surface area contributed by atoms with Crippen molar-refractivity contribution in [2.45, 2.75) is 58.7 Å². The number of nitrogens with zero attached hydrogens (tertiary/aromatic N) is 6. The summed E-state index contributed by atoms with van der Waals surface area (Å²) in [4.78, 5) is 47.7. The molecule has 1 atom stereocenters. The van der Waals surface area contributed by atoms with E-state index < -0.39 is 11.2 Å². The summed E-state index contributed by atoms with van der Waals surface area (Å²) >= 11 is 0. The van der Waals surface area contributed by atoms with Gasteiger partial charge >= 0.3 is 5.69 Å². The number of amides is 1. The Balaban J connectivity index is 1.89. The van der Waals surface area contributed by atoms with Crippen molar-refractivity contribution in [1.29, 1.82) is 0 Å². The van der Waals surface area contributed by atoms with Crippen LogP contribution in [0.15, 0.2) is 21.2 Å². The number of imidazole rings is 1. The molecule has 2 fully saturated rings. The van der Waals surface area contributed by atoms with E-state index in [0.717, 1.165) is 42.4 Å². The molecule has 4 rings (SSSR count). The molecule has 2 saturated heterocycles. The molecule has 0 saturated carbocycles. The van der Waals surface area contributed by atoms with E-state index >= 15 is 0 Å². The minimum Gasteiger partial charge on any atom is -0.341 e. The van der Waals surface area contributed by atoms with Crippen molar-refractivity contribution >= 4 is 23.0 Å². The normalized spacial score (nSPS) is 19.1. The molecule has 0 aliphatic carbocycles. The maximum Gasteiger partial charge on any atom is 0.332 e. The number of rotatable bonds is 5. The van der Waals surface area contributed by atoms with Gasteiger partial charge in [-0.25, -0.2) is 4.79 Å². The van der Waals surface area contributed by atoms with Crippen LogP contribution in [0, 0.1) is 0 Å². The summed E-state index contributed by atoms with van der Waals surface area (Å²) < 4.78 is 4.29. The summed E-state index contributed by atoms with van der Waals surface area (Å²) in [6, 6.07) is 0.0298. The number of piperidine rings is 1. The second-order valence-corrected chi connectivity index (χ2v) is 9.15. The highest BCUT2D eigenvalue weighted by atomic mass is 16.2. The molecular weight excluding hydrogens is 410 g/mol. The minimum atomic E-state index is -0.524. The van der Waals surface area contributed by atoms with Gasteiger partial charge in [-0.2, -0.15) is 4.98 Å². The average Bonchev–Trinajstić information content (AvgIpc) is 3.42. The van der Waals surface area contributed by atoms with Crippen LogP contribution in [-0.2, 0) is 24.9 Å². The van der Waals surface area contributed by atoms with Gasteiger partial charge in [0.1, 0.15) is 6.54 Å². The largest absolute Gasteiger partial charge is 0.341 e. The van der Waals surface area contributed by atoms with E-state index in [0.29, 0.717) is 37.6 Å². The maximum absolute atomic E-state index is 13.2. The predicted molar refractivity (Wildman–Crippen MR) is 124 cm³/mol. The Morgan fingerprint density at radius 2 is 1.84 bits per heavy atom. The van der Waals surface area contributed by atoms with Gasteiger partial charge < -0.3 is 20.1 Å². The molecule has 2 aromatic rings. The number of carbonyl (C=O) groups is 1. The molecule has 10 nitrogen and oxygen atoms in total. The zero-order valence-electron chi connectivity index (χ0n) is 19.2.